The van der Waals surface area contributed by atoms with E-state index in [-0.39, 0.29) is 6.07 Å². The van der Waals surface area contributed by atoms with Crippen LogP contribution in [0.1, 0.15) is 36.1 Å². The van der Waals surface area contributed by atoms with E-state index in [1.165, 1.54) is 12.4 Å². The van der Waals surface area contributed by atoms with Crippen LogP contribution in [0.15, 0.2) is 42.7 Å². The molecule has 0 radical (unpaired) electrons. The summed E-state index contributed by atoms with van der Waals surface area (Å²) in [6.07, 6.45) is -5.94. The van der Waals surface area contributed by atoms with E-state index in [2.05, 4.69) is 27.7 Å². The van der Waals surface area contributed by atoms with Crippen molar-refractivity contribution in [3.05, 3.63) is 59.4 Å². The van der Waals surface area contributed by atoms with Crippen LogP contribution in [0.2, 0.25) is 0 Å². The average molecular weight is 489 g/mol. The summed E-state index contributed by atoms with van der Waals surface area (Å²) in [4.78, 5) is 21.3. The number of anilines is 1. The molecule has 1 amide bonds. The van der Waals surface area contributed by atoms with Crippen LogP contribution in [-0.2, 0) is 17.1 Å². The van der Waals surface area contributed by atoms with E-state index in [1.807, 2.05) is 4.90 Å². The van der Waals surface area contributed by atoms with Crippen LogP contribution in [0.5, 0.6) is 0 Å². The van der Waals surface area contributed by atoms with E-state index in [1.54, 1.807) is 12.1 Å². The van der Waals surface area contributed by atoms with Gasteiger partial charge in [-0.3, -0.25) is 25.5 Å². The first-order chi connectivity index (χ1) is 16.0. The normalized spacial score (nSPS) is 16.8. The molecule has 1 aromatic carbocycles. The van der Waals surface area contributed by atoms with E-state index in [0.717, 1.165) is 26.1 Å². The van der Waals surface area contributed by atoms with Crippen LogP contribution >= 0.6 is 0 Å². The lowest BCUT2D eigenvalue weighted by molar-refractivity contribution is -0.143. The number of hydrazine groups is 1. The van der Waals surface area contributed by atoms with Crippen molar-refractivity contribution in [2.75, 3.05) is 38.1 Å². The maximum atomic E-state index is 13.1. The van der Waals surface area contributed by atoms with Crippen molar-refractivity contribution >= 4 is 11.6 Å². The second-order valence-electron chi connectivity index (χ2n) is 7.98. The third kappa shape index (κ3) is 6.60. The Morgan fingerprint density at radius 2 is 1.65 bits per heavy atom. The number of carbonyl (C=O) groups is 1. The number of hydrogen-bond donors (Lipinski definition) is 2. The van der Waals surface area contributed by atoms with E-state index in [4.69, 9.17) is 0 Å². The zero-order valence-electron chi connectivity index (χ0n) is 18.4. The summed E-state index contributed by atoms with van der Waals surface area (Å²) in [6, 6.07) is 3.58. The Balaban J connectivity index is 1.80. The van der Waals surface area contributed by atoms with Crippen molar-refractivity contribution in [2.45, 2.75) is 31.7 Å². The predicted octanol–water partition coefficient (Wildman–Crippen LogP) is 4.33. The van der Waals surface area contributed by atoms with Crippen molar-refractivity contribution in [3.8, 4) is 0 Å². The Morgan fingerprint density at radius 1 is 1.03 bits per heavy atom. The van der Waals surface area contributed by atoms with E-state index in [9.17, 15) is 31.1 Å². The summed E-state index contributed by atoms with van der Waals surface area (Å²) in [7, 11) is 0. The maximum absolute atomic E-state index is 13.1. The summed E-state index contributed by atoms with van der Waals surface area (Å²) in [5.74, 6) is -0.622. The smallest absolute Gasteiger partial charge is 0.301 e. The number of alkyl halides is 6. The second kappa shape index (κ2) is 10.6. The molecule has 1 fully saturated rings. The van der Waals surface area contributed by atoms with Gasteiger partial charge in [-0.05, 0) is 42.8 Å². The molecule has 6 nitrogen and oxygen atoms in total. The van der Waals surface area contributed by atoms with E-state index < -0.39 is 41.1 Å². The summed E-state index contributed by atoms with van der Waals surface area (Å²) in [5.41, 5.74) is 1.59. The summed E-state index contributed by atoms with van der Waals surface area (Å²) < 4.78 is 78.7. The Morgan fingerprint density at radius 3 is 2.15 bits per heavy atom. The molecule has 0 spiro atoms. The van der Waals surface area contributed by atoms with Gasteiger partial charge in [-0.2, -0.15) is 26.3 Å². The molecule has 186 valence electrons. The van der Waals surface area contributed by atoms with Gasteiger partial charge in [0.05, 0.1) is 16.8 Å². The third-order valence-corrected chi connectivity index (χ3v) is 5.48. The zero-order valence-corrected chi connectivity index (χ0v) is 18.4. The van der Waals surface area contributed by atoms with Gasteiger partial charge in [0.1, 0.15) is 6.04 Å². The fourth-order valence-corrected chi connectivity index (χ4v) is 3.86. The number of hydrogen-bond acceptors (Lipinski definition) is 5. The van der Waals surface area contributed by atoms with E-state index >= 15 is 0 Å². The number of aromatic nitrogens is 1. The number of piperazine rings is 1. The number of pyridine rings is 1. The van der Waals surface area contributed by atoms with Crippen LogP contribution in [0.3, 0.4) is 0 Å². The highest BCUT2D eigenvalue weighted by Gasteiger charge is 2.37. The highest BCUT2D eigenvalue weighted by atomic mass is 19.4. The number of halogens is 6. The second-order valence-corrected chi connectivity index (χ2v) is 7.98. The lowest BCUT2D eigenvalue weighted by Gasteiger charge is -2.38. The minimum atomic E-state index is -4.99. The number of nitrogens with one attached hydrogen (secondary N) is 2. The minimum Gasteiger partial charge on any atom is -0.301 e. The number of nitrogens with zero attached hydrogens (tertiary/aromatic N) is 3. The van der Waals surface area contributed by atoms with E-state index in [0.29, 0.717) is 30.8 Å². The van der Waals surface area contributed by atoms with Crippen molar-refractivity contribution < 1.29 is 31.1 Å². The number of carbonyl (C=O) groups excluding carboxylic acids is 1. The molecule has 0 saturated carbocycles. The fourth-order valence-electron chi connectivity index (χ4n) is 3.86. The van der Waals surface area contributed by atoms with Crippen LogP contribution in [0, 0.1) is 0 Å². The Hall–Kier alpha value is -2.86. The molecule has 0 bridgehead atoms. The SMILES string of the molecule is CCCN1CCN(C(C(=O)NNc2cc(C(F)(F)F)cc(C(F)(F)F)c2)c2cccnc2)CC1. The summed E-state index contributed by atoms with van der Waals surface area (Å²) >= 11 is 0. The largest absolute Gasteiger partial charge is 0.416 e. The predicted molar refractivity (Wildman–Crippen MR) is 113 cm³/mol. The molecule has 2 heterocycles. The van der Waals surface area contributed by atoms with Gasteiger partial charge in [-0.1, -0.05) is 13.0 Å². The summed E-state index contributed by atoms with van der Waals surface area (Å²) in [5, 5.41) is 0. The molecule has 3 rings (SSSR count). The molecule has 0 aliphatic carbocycles. The van der Waals surface area contributed by atoms with Gasteiger partial charge in [0.2, 0.25) is 0 Å². The first kappa shape index (κ1) is 25.8. The molecule has 1 aliphatic rings. The quantitative estimate of drug-likeness (QED) is 0.448. The van der Waals surface area contributed by atoms with Gasteiger partial charge in [-0.25, -0.2) is 0 Å². The Bertz CT molecular complexity index is 926. The standard InChI is InChI=1S/C22H25F6N5O/c1-2-6-32-7-9-33(10-8-32)19(15-4-3-5-29-14-15)20(34)31-30-18-12-16(21(23,24)25)11-17(13-18)22(26,27)28/h3-5,11-14,19,30H,2,6-10H2,1H3,(H,31,34). The molecule has 1 aromatic heterocycles. The highest BCUT2D eigenvalue weighted by Crippen LogP contribution is 2.37. The maximum Gasteiger partial charge on any atom is 0.416 e. The van der Waals surface area contributed by atoms with Gasteiger partial charge in [-0.15, -0.1) is 0 Å². The number of amides is 1. The molecule has 2 N–H and O–H groups in total. The molecule has 12 heteroatoms. The molecular formula is C22H25F6N5O. The first-order valence-corrected chi connectivity index (χ1v) is 10.7. The molecule has 1 atom stereocenters. The lowest BCUT2D eigenvalue weighted by Crippen LogP contribution is -2.51. The van der Waals surface area contributed by atoms with Crippen LogP contribution in [-0.4, -0.2) is 53.4 Å². The van der Waals surface area contributed by atoms with Crippen LogP contribution in [0.4, 0.5) is 32.0 Å². The number of rotatable bonds is 7. The molecule has 34 heavy (non-hydrogen) atoms. The van der Waals surface area contributed by atoms with Gasteiger partial charge >= 0.3 is 12.4 Å². The topological polar surface area (TPSA) is 60.5 Å². The highest BCUT2D eigenvalue weighted by molar-refractivity contribution is 5.84. The fraction of sp³-hybridized carbons (Fsp3) is 0.455. The average Bonchev–Trinajstić information content (AvgIpc) is 2.78. The first-order valence-electron chi connectivity index (χ1n) is 10.7. The lowest BCUT2D eigenvalue weighted by atomic mass is 10.1. The third-order valence-electron chi connectivity index (χ3n) is 5.48. The van der Waals surface area contributed by atoms with Crippen LogP contribution < -0.4 is 10.9 Å². The summed E-state index contributed by atoms with van der Waals surface area (Å²) in [6.45, 7) is 5.59. The van der Waals surface area contributed by atoms with Gasteiger partial charge in [0.15, 0.2) is 0 Å². The molecule has 1 saturated heterocycles. The van der Waals surface area contributed by atoms with Crippen molar-refractivity contribution in [2.24, 2.45) is 0 Å². The van der Waals surface area contributed by atoms with Crippen molar-refractivity contribution in [1.29, 1.82) is 0 Å². The minimum absolute atomic E-state index is 0.0290. The molecule has 1 unspecified atom stereocenters. The van der Waals surface area contributed by atoms with Gasteiger partial charge < -0.3 is 4.90 Å². The van der Waals surface area contributed by atoms with Gasteiger partial charge in [0, 0.05) is 38.6 Å². The zero-order chi connectivity index (χ0) is 24.9. The monoisotopic (exact) mass is 489 g/mol. The van der Waals surface area contributed by atoms with Crippen molar-refractivity contribution in [3.63, 3.8) is 0 Å². The Labute approximate surface area is 192 Å². The molecule has 1 aliphatic heterocycles. The van der Waals surface area contributed by atoms with Gasteiger partial charge in [0.25, 0.3) is 5.91 Å². The molecular weight excluding hydrogens is 464 g/mol. The Kier molecular flexibility index (Phi) is 8.03. The van der Waals surface area contributed by atoms with Crippen molar-refractivity contribution in [1.82, 2.24) is 20.2 Å². The molecule has 2 aromatic rings. The van der Waals surface area contributed by atoms with Crippen LogP contribution in [0.25, 0.3) is 0 Å². The number of benzene rings is 1.